The van der Waals surface area contributed by atoms with Gasteiger partial charge in [-0.05, 0) is 87.5 Å². The maximum atomic E-state index is 15.4. The van der Waals surface area contributed by atoms with E-state index in [1.807, 2.05) is 26.0 Å². The van der Waals surface area contributed by atoms with E-state index >= 15 is 4.39 Å². The van der Waals surface area contributed by atoms with Gasteiger partial charge >= 0.3 is 12.1 Å². The maximum absolute atomic E-state index is 15.4. The number of primary amides is 1. The summed E-state index contributed by atoms with van der Waals surface area (Å²) >= 11 is 0. The summed E-state index contributed by atoms with van der Waals surface area (Å²) in [7, 11) is 0. The molecule has 16 heteroatoms. The van der Waals surface area contributed by atoms with E-state index in [4.69, 9.17) is 22.9 Å². The average Bonchev–Trinajstić information content (AvgIpc) is 3.39. The van der Waals surface area contributed by atoms with Gasteiger partial charge in [-0.25, -0.2) is 14.2 Å². The van der Waals surface area contributed by atoms with Crippen LogP contribution in [0.5, 0.6) is 5.75 Å². The molecule has 3 atom stereocenters. The predicted molar refractivity (Wildman–Crippen MR) is 175 cm³/mol. The minimum atomic E-state index is -5.10. The molecule has 2 aromatic heterocycles. The zero-order chi connectivity index (χ0) is 35.2. The van der Waals surface area contributed by atoms with Crippen LogP contribution in [0.15, 0.2) is 58.4 Å². The van der Waals surface area contributed by atoms with Crippen LogP contribution in [0.3, 0.4) is 0 Å². The first-order valence-electron chi connectivity index (χ1n) is 15.3. The van der Waals surface area contributed by atoms with Crippen molar-refractivity contribution in [2.24, 2.45) is 27.9 Å². The first-order valence-corrected chi connectivity index (χ1v) is 15.3. The highest BCUT2D eigenvalue weighted by Crippen LogP contribution is 2.35. The van der Waals surface area contributed by atoms with Crippen LogP contribution in [0.25, 0.3) is 28.0 Å². The normalized spacial score (nSPS) is 13.6. The fourth-order valence-corrected chi connectivity index (χ4v) is 5.31. The molecule has 0 aliphatic carbocycles. The van der Waals surface area contributed by atoms with Crippen LogP contribution in [0.1, 0.15) is 56.7 Å². The molecule has 2 heterocycles. The van der Waals surface area contributed by atoms with E-state index in [9.17, 15) is 22.8 Å². The maximum Gasteiger partial charge on any atom is 0.573 e. The van der Waals surface area contributed by atoms with Gasteiger partial charge in [-0.1, -0.05) is 12.1 Å². The number of fused-ring (bicyclic) bond motifs is 1. The second kappa shape index (κ2) is 15.3. The number of alkyl halides is 3. The van der Waals surface area contributed by atoms with E-state index in [0.29, 0.717) is 48.9 Å². The molecule has 0 unspecified atom stereocenters. The van der Waals surface area contributed by atoms with Gasteiger partial charge in [0.1, 0.15) is 5.65 Å². The van der Waals surface area contributed by atoms with Crippen molar-refractivity contribution in [2.75, 3.05) is 6.54 Å². The number of carbonyl (C=O) groups is 1. The highest BCUT2D eigenvalue weighted by Gasteiger charge is 2.33. The number of hydrogen-bond donors (Lipinski definition) is 6. The topological polar surface area (TPSA) is 205 Å². The van der Waals surface area contributed by atoms with Gasteiger partial charge in [-0.3, -0.25) is 9.36 Å². The first-order chi connectivity index (χ1) is 22.6. The molecular weight excluding hydrogens is 634 g/mol. The van der Waals surface area contributed by atoms with Gasteiger partial charge in [0.05, 0.1) is 17.4 Å². The number of aliphatic imine (C=N–C) groups is 1. The Morgan fingerprint density at radius 2 is 1.81 bits per heavy atom. The number of H-pyrrole nitrogens is 1. The zero-order valence-corrected chi connectivity index (χ0v) is 26.5. The molecule has 1 amide bonds. The molecule has 10 N–H and O–H groups in total. The molecule has 4 rings (SSSR count). The number of halogens is 4. The molecule has 2 aromatic carbocycles. The van der Waals surface area contributed by atoms with Crippen LogP contribution >= 0.6 is 0 Å². The Balaban J connectivity index is 1.56. The van der Waals surface area contributed by atoms with E-state index < -0.39 is 35.6 Å². The molecule has 0 bridgehead atoms. The SMILES string of the molecule is C[C@H](N)CCCc1cc(OC(F)(F)F)c(F)c(-c2cc3cn(-c4ccc([C@H](C)NCC[C@H](CC(N)=O)N=C(N)N)cc4)c(=O)nc3[nH]2)c1. The Morgan fingerprint density at radius 1 is 1.10 bits per heavy atom. The molecule has 0 spiro atoms. The van der Waals surface area contributed by atoms with Gasteiger partial charge in [0.15, 0.2) is 17.5 Å². The van der Waals surface area contributed by atoms with Gasteiger partial charge in [0.25, 0.3) is 0 Å². The lowest BCUT2D eigenvalue weighted by molar-refractivity contribution is -0.275. The van der Waals surface area contributed by atoms with Gasteiger partial charge < -0.3 is 38.0 Å². The van der Waals surface area contributed by atoms with Crippen LogP contribution < -0.4 is 38.7 Å². The van der Waals surface area contributed by atoms with Crippen molar-refractivity contribution in [3.05, 3.63) is 76.1 Å². The zero-order valence-electron chi connectivity index (χ0n) is 26.5. The lowest BCUT2D eigenvalue weighted by atomic mass is 10.0. The third-order valence-electron chi connectivity index (χ3n) is 7.62. The van der Waals surface area contributed by atoms with Gasteiger partial charge in [0.2, 0.25) is 5.91 Å². The number of amides is 1. The van der Waals surface area contributed by atoms with E-state index in [1.54, 1.807) is 12.1 Å². The van der Waals surface area contributed by atoms with Crippen LogP contribution in [0, 0.1) is 5.82 Å². The summed E-state index contributed by atoms with van der Waals surface area (Å²) in [6.07, 6.45) is -1.54. The molecule has 0 fully saturated rings. The van der Waals surface area contributed by atoms with Crippen LogP contribution in [-0.2, 0) is 11.2 Å². The Morgan fingerprint density at radius 3 is 2.44 bits per heavy atom. The Kier molecular flexibility index (Phi) is 11.4. The smallest absolute Gasteiger partial charge is 0.403 e. The number of carbonyl (C=O) groups excluding carboxylic acids is 1. The molecular formula is C32H39F4N9O3. The van der Waals surface area contributed by atoms with Crippen molar-refractivity contribution in [3.63, 3.8) is 0 Å². The summed E-state index contributed by atoms with van der Waals surface area (Å²) in [5.41, 5.74) is 23.3. The number of guanidine groups is 1. The summed E-state index contributed by atoms with van der Waals surface area (Å²) in [4.78, 5) is 35.3. The van der Waals surface area contributed by atoms with Crippen molar-refractivity contribution in [3.8, 4) is 22.7 Å². The van der Waals surface area contributed by atoms with Gasteiger partial charge in [0, 0.05) is 35.7 Å². The number of ether oxygens (including phenoxy) is 1. The number of rotatable bonds is 15. The molecule has 0 aliphatic heterocycles. The molecule has 0 saturated heterocycles. The van der Waals surface area contributed by atoms with E-state index in [1.165, 1.54) is 22.9 Å². The van der Waals surface area contributed by atoms with Crippen LogP contribution in [0.2, 0.25) is 0 Å². The molecule has 0 saturated carbocycles. The summed E-state index contributed by atoms with van der Waals surface area (Å²) in [5.74, 6) is -2.80. The molecule has 48 heavy (non-hydrogen) atoms. The summed E-state index contributed by atoms with van der Waals surface area (Å²) < 4.78 is 60.0. The Labute approximate surface area is 273 Å². The highest BCUT2D eigenvalue weighted by atomic mass is 19.4. The summed E-state index contributed by atoms with van der Waals surface area (Å²) in [5, 5.41) is 3.76. The highest BCUT2D eigenvalue weighted by molar-refractivity contribution is 5.83. The van der Waals surface area contributed by atoms with E-state index in [2.05, 4.69) is 25.0 Å². The van der Waals surface area contributed by atoms with Gasteiger partial charge in [-0.2, -0.15) is 4.98 Å². The number of nitrogens with two attached hydrogens (primary N) is 4. The number of nitrogens with zero attached hydrogens (tertiary/aromatic N) is 3. The summed E-state index contributed by atoms with van der Waals surface area (Å²) in [6.45, 7) is 4.26. The molecule has 4 aromatic rings. The fourth-order valence-electron chi connectivity index (χ4n) is 5.31. The Hall–Kier alpha value is -4.96. The fraction of sp³-hybridized carbons (Fsp3) is 0.375. The number of aryl methyl sites for hydroxylation is 1. The third-order valence-corrected chi connectivity index (χ3v) is 7.62. The standard InChI is InChI=1S/C32H39F4N9O3/c1-17(37)4-3-5-19-12-24(28(33)26(13-19)48-32(34,35)36)25-14-21-16-45(31(47)44-29(21)43-25)23-8-6-20(7-9-23)18(2)41-11-10-22(15-27(38)46)42-30(39)40/h6-9,12-14,16-18,22,41H,3-5,10-11,15,37H2,1-2H3,(H2,38,46)(H4,39,40,42)(H,43,44,47)/t17-,18-,22+/m0/s1. The van der Waals surface area contributed by atoms with Crippen LogP contribution in [0.4, 0.5) is 17.6 Å². The number of hydrogen-bond acceptors (Lipinski definition) is 7. The third kappa shape index (κ3) is 9.78. The number of nitrogens with one attached hydrogen (secondary N) is 2. The van der Waals surface area contributed by atoms with Crippen molar-refractivity contribution in [1.82, 2.24) is 19.9 Å². The van der Waals surface area contributed by atoms with Crippen LogP contribution in [-0.4, -0.2) is 51.4 Å². The Bertz CT molecular complexity index is 1810. The van der Waals surface area contributed by atoms with Crippen molar-refractivity contribution in [2.45, 2.75) is 70.4 Å². The summed E-state index contributed by atoms with van der Waals surface area (Å²) in [6, 6.07) is 10.5. The quantitative estimate of drug-likeness (QED) is 0.0623. The predicted octanol–water partition coefficient (Wildman–Crippen LogP) is 3.65. The molecule has 0 radical (unpaired) electrons. The van der Waals surface area contributed by atoms with Crippen molar-refractivity contribution in [1.29, 1.82) is 0 Å². The molecule has 258 valence electrons. The number of aromatic nitrogens is 3. The van der Waals surface area contributed by atoms with Crippen molar-refractivity contribution >= 4 is 22.9 Å². The second-order valence-corrected chi connectivity index (χ2v) is 11.7. The van der Waals surface area contributed by atoms with E-state index in [-0.39, 0.29) is 41.4 Å². The van der Waals surface area contributed by atoms with E-state index in [0.717, 1.165) is 11.6 Å². The second-order valence-electron chi connectivity index (χ2n) is 11.7. The lowest BCUT2D eigenvalue weighted by Crippen LogP contribution is -2.30. The average molecular weight is 674 g/mol. The number of benzene rings is 2. The van der Waals surface area contributed by atoms with Gasteiger partial charge in [-0.15, -0.1) is 13.2 Å². The lowest BCUT2D eigenvalue weighted by Gasteiger charge is -2.17. The molecule has 12 nitrogen and oxygen atoms in total. The molecule has 0 aliphatic rings. The number of aromatic amines is 1. The minimum Gasteiger partial charge on any atom is -0.403 e. The largest absolute Gasteiger partial charge is 0.573 e. The monoisotopic (exact) mass is 673 g/mol. The first kappa shape index (κ1) is 35.9. The van der Waals surface area contributed by atoms with Crippen molar-refractivity contribution < 1.29 is 27.1 Å². The minimum absolute atomic E-state index is 0.0158.